The highest BCUT2D eigenvalue weighted by molar-refractivity contribution is 7.85. The van der Waals surface area contributed by atoms with E-state index in [1.165, 1.54) is 0 Å². The van der Waals surface area contributed by atoms with E-state index in [1.54, 1.807) is 44.3 Å². The van der Waals surface area contributed by atoms with Crippen LogP contribution in [0.2, 0.25) is 0 Å². The minimum absolute atomic E-state index is 0.228. The molecule has 0 aliphatic carbocycles. The van der Waals surface area contributed by atoms with E-state index >= 15 is 0 Å². The molecule has 1 N–H and O–H groups in total. The molecule has 3 aromatic rings. The normalized spacial score (nSPS) is 13.3. The van der Waals surface area contributed by atoms with Crippen LogP contribution in [0.3, 0.4) is 0 Å². The van der Waals surface area contributed by atoms with Crippen LogP contribution >= 0.6 is 0 Å². The SMILES string of the molecule is CCS(=O)c1ccccc1C(=O)OC(C)C(=O)c1c[nH]c2ccccc12. The first-order valence-electron chi connectivity index (χ1n) is 8.31. The Morgan fingerprint density at radius 2 is 1.77 bits per heavy atom. The number of aromatic nitrogens is 1. The van der Waals surface area contributed by atoms with Crippen LogP contribution in [-0.2, 0) is 15.5 Å². The van der Waals surface area contributed by atoms with Crippen LogP contribution in [-0.4, -0.2) is 32.8 Å². The van der Waals surface area contributed by atoms with E-state index in [-0.39, 0.29) is 11.3 Å². The van der Waals surface area contributed by atoms with Gasteiger partial charge in [0.25, 0.3) is 0 Å². The third kappa shape index (κ3) is 3.46. The second-order valence-corrected chi connectivity index (χ2v) is 7.50. The lowest BCUT2D eigenvalue weighted by Gasteiger charge is -2.13. The zero-order valence-corrected chi connectivity index (χ0v) is 15.3. The van der Waals surface area contributed by atoms with Crippen LogP contribution in [0, 0.1) is 0 Å². The smallest absolute Gasteiger partial charge is 0.340 e. The van der Waals surface area contributed by atoms with Gasteiger partial charge in [0, 0.05) is 28.4 Å². The van der Waals surface area contributed by atoms with Gasteiger partial charge in [0.2, 0.25) is 5.78 Å². The van der Waals surface area contributed by atoms with Crippen LogP contribution in [0.15, 0.2) is 59.6 Å². The van der Waals surface area contributed by atoms with Gasteiger partial charge in [-0.25, -0.2) is 4.79 Å². The highest BCUT2D eigenvalue weighted by Crippen LogP contribution is 2.21. The second-order valence-electron chi connectivity index (χ2n) is 5.79. The first-order chi connectivity index (χ1) is 12.5. The number of carbonyl (C=O) groups is 2. The molecule has 6 heteroatoms. The highest BCUT2D eigenvalue weighted by Gasteiger charge is 2.24. The molecule has 0 amide bonds. The van der Waals surface area contributed by atoms with Crippen LogP contribution in [0.4, 0.5) is 0 Å². The number of benzene rings is 2. The fraction of sp³-hybridized carbons (Fsp3) is 0.200. The van der Waals surface area contributed by atoms with Crippen molar-refractivity contribution in [3.63, 3.8) is 0 Å². The van der Waals surface area contributed by atoms with E-state index in [0.29, 0.717) is 16.2 Å². The topological polar surface area (TPSA) is 76.2 Å². The second kappa shape index (κ2) is 7.66. The Kier molecular flexibility index (Phi) is 5.32. The molecule has 0 spiro atoms. The molecule has 2 atom stereocenters. The van der Waals surface area contributed by atoms with Gasteiger partial charge in [-0.1, -0.05) is 37.3 Å². The van der Waals surface area contributed by atoms with Gasteiger partial charge in [0.15, 0.2) is 6.10 Å². The van der Waals surface area contributed by atoms with E-state index in [0.717, 1.165) is 10.9 Å². The summed E-state index contributed by atoms with van der Waals surface area (Å²) in [5.41, 5.74) is 1.55. The van der Waals surface area contributed by atoms with Crippen molar-refractivity contribution < 1.29 is 18.5 Å². The zero-order chi connectivity index (χ0) is 18.7. The molecular weight excluding hydrogens is 350 g/mol. The van der Waals surface area contributed by atoms with Crippen molar-refractivity contribution in [1.82, 2.24) is 4.98 Å². The van der Waals surface area contributed by atoms with Crippen LogP contribution in [0.25, 0.3) is 10.9 Å². The summed E-state index contributed by atoms with van der Waals surface area (Å²) >= 11 is 0. The van der Waals surface area contributed by atoms with Crippen molar-refractivity contribution in [2.24, 2.45) is 0 Å². The highest BCUT2D eigenvalue weighted by atomic mass is 32.2. The number of H-pyrrole nitrogens is 1. The van der Waals surface area contributed by atoms with Crippen molar-refractivity contribution in [3.8, 4) is 0 Å². The maximum Gasteiger partial charge on any atom is 0.340 e. The molecule has 0 bridgehead atoms. The average Bonchev–Trinajstić information content (AvgIpc) is 3.10. The summed E-state index contributed by atoms with van der Waals surface area (Å²) < 4.78 is 17.5. The summed E-state index contributed by atoms with van der Waals surface area (Å²) in [6.07, 6.45) is 0.669. The fourth-order valence-corrected chi connectivity index (χ4v) is 3.70. The van der Waals surface area contributed by atoms with E-state index < -0.39 is 22.9 Å². The van der Waals surface area contributed by atoms with Crippen molar-refractivity contribution in [2.45, 2.75) is 24.8 Å². The summed E-state index contributed by atoms with van der Waals surface area (Å²) in [6, 6.07) is 14.0. The Hall–Kier alpha value is -2.73. The molecule has 3 rings (SSSR count). The summed E-state index contributed by atoms with van der Waals surface area (Å²) in [4.78, 5) is 28.7. The van der Waals surface area contributed by atoms with Crippen molar-refractivity contribution in [3.05, 3.63) is 65.9 Å². The summed E-state index contributed by atoms with van der Waals surface area (Å²) in [6.45, 7) is 3.32. The van der Waals surface area contributed by atoms with E-state index in [9.17, 15) is 13.8 Å². The minimum Gasteiger partial charge on any atom is -0.451 e. The van der Waals surface area contributed by atoms with Gasteiger partial charge in [-0.3, -0.25) is 9.00 Å². The van der Waals surface area contributed by atoms with Crippen LogP contribution < -0.4 is 0 Å². The van der Waals surface area contributed by atoms with Gasteiger partial charge in [0.1, 0.15) is 0 Å². The molecule has 2 unspecified atom stereocenters. The monoisotopic (exact) mass is 369 g/mol. The van der Waals surface area contributed by atoms with Gasteiger partial charge in [-0.2, -0.15) is 0 Å². The Labute approximate surface area is 153 Å². The molecule has 0 aliphatic rings. The third-order valence-electron chi connectivity index (χ3n) is 4.12. The number of Topliss-reactive ketones (excluding diaryl/α,β-unsaturated/α-hetero) is 1. The molecule has 0 fully saturated rings. The van der Waals surface area contributed by atoms with Crippen LogP contribution in [0.1, 0.15) is 34.6 Å². The average molecular weight is 369 g/mol. The number of hydrogen-bond acceptors (Lipinski definition) is 4. The Balaban J connectivity index is 1.82. The molecule has 26 heavy (non-hydrogen) atoms. The standard InChI is InChI=1S/C20H19NO4S/c1-3-26(24)18-11-7-5-9-15(18)20(23)25-13(2)19(22)16-12-21-17-10-6-4-8-14(16)17/h4-13,21H,3H2,1-2H3. The molecule has 1 aromatic heterocycles. The number of esters is 1. The maximum atomic E-state index is 12.7. The molecule has 5 nitrogen and oxygen atoms in total. The summed E-state index contributed by atoms with van der Waals surface area (Å²) in [5.74, 6) is -0.540. The van der Waals surface area contributed by atoms with Gasteiger partial charge < -0.3 is 9.72 Å². The lowest BCUT2D eigenvalue weighted by Crippen LogP contribution is -2.25. The molecule has 2 aromatic carbocycles. The van der Waals surface area contributed by atoms with E-state index in [1.807, 2.05) is 24.3 Å². The van der Waals surface area contributed by atoms with Gasteiger partial charge in [-0.05, 0) is 25.1 Å². The number of rotatable bonds is 6. The van der Waals surface area contributed by atoms with Crippen molar-refractivity contribution in [2.75, 3.05) is 5.75 Å². The largest absolute Gasteiger partial charge is 0.451 e. The minimum atomic E-state index is -1.29. The maximum absolute atomic E-state index is 12.7. The lowest BCUT2D eigenvalue weighted by molar-refractivity contribution is 0.0316. The predicted molar refractivity (Wildman–Crippen MR) is 101 cm³/mol. The van der Waals surface area contributed by atoms with Crippen molar-refractivity contribution in [1.29, 1.82) is 0 Å². The van der Waals surface area contributed by atoms with E-state index in [4.69, 9.17) is 4.74 Å². The third-order valence-corrected chi connectivity index (χ3v) is 5.49. The molecule has 134 valence electrons. The molecule has 0 saturated heterocycles. The summed E-state index contributed by atoms with van der Waals surface area (Å²) in [7, 11) is -1.29. The number of carbonyl (C=O) groups excluding carboxylic acids is 2. The number of fused-ring (bicyclic) bond motifs is 1. The molecule has 0 aliphatic heterocycles. The fourth-order valence-electron chi connectivity index (χ4n) is 2.76. The first-order valence-corrected chi connectivity index (χ1v) is 9.63. The number of ether oxygens (including phenoxy) is 1. The van der Waals surface area contributed by atoms with Gasteiger partial charge in [-0.15, -0.1) is 0 Å². The number of para-hydroxylation sites is 1. The lowest BCUT2D eigenvalue weighted by atomic mass is 10.1. The first kappa shape index (κ1) is 18.1. The zero-order valence-electron chi connectivity index (χ0n) is 14.5. The van der Waals surface area contributed by atoms with Crippen molar-refractivity contribution >= 4 is 33.5 Å². The Morgan fingerprint density at radius 3 is 2.54 bits per heavy atom. The molecule has 1 heterocycles. The van der Waals surface area contributed by atoms with Crippen LogP contribution in [0.5, 0.6) is 0 Å². The number of nitrogens with one attached hydrogen (secondary N) is 1. The number of ketones is 1. The Bertz CT molecular complexity index is 992. The van der Waals surface area contributed by atoms with Gasteiger partial charge in [0.05, 0.1) is 21.3 Å². The van der Waals surface area contributed by atoms with E-state index in [2.05, 4.69) is 4.98 Å². The summed E-state index contributed by atoms with van der Waals surface area (Å²) in [5, 5.41) is 0.785. The molecular formula is C20H19NO4S. The molecule has 0 saturated carbocycles. The molecule has 0 radical (unpaired) electrons. The van der Waals surface area contributed by atoms with Gasteiger partial charge >= 0.3 is 5.97 Å². The number of hydrogen-bond donors (Lipinski definition) is 1. The Morgan fingerprint density at radius 1 is 1.08 bits per heavy atom. The number of aromatic amines is 1. The predicted octanol–water partition coefficient (Wildman–Crippen LogP) is 3.72. The quantitative estimate of drug-likeness (QED) is 0.531.